The van der Waals surface area contributed by atoms with Crippen molar-refractivity contribution in [3.05, 3.63) is 35.4 Å². The molecule has 1 unspecified atom stereocenters. The zero-order valence-electron chi connectivity index (χ0n) is 11.8. The Balaban J connectivity index is 2.13. The van der Waals surface area contributed by atoms with Crippen LogP contribution in [0.25, 0.3) is 0 Å². The normalized spacial score (nSPS) is 20.3. The van der Waals surface area contributed by atoms with E-state index >= 15 is 0 Å². The number of hydrogen-bond donors (Lipinski definition) is 1. The van der Waals surface area contributed by atoms with Crippen LogP contribution in [-0.4, -0.2) is 24.5 Å². The largest absolute Gasteiger partial charge is 0.310 e. The van der Waals surface area contributed by atoms with Gasteiger partial charge in [0.15, 0.2) is 0 Å². The second-order valence-corrected chi connectivity index (χ2v) is 5.16. The second-order valence-electron chi connectivity index (χ2n) is 5.16. The highest BCUT2D eigenvalue weighted by Crippen LogP contribution is 2.26. The zero-order chi connectivity index (χ0) is 12.8. The van der Waals surface area contributed by atoms with Gasteiger partial charge in [-0.2, -0.15) is 0 Å². The summed E-state index contributed by atoms with van der Waals surface area (Å²) in [5.74, 6) is 0. The molecule has 1 aromatic rings. The lowest BCUT2D eigenvalue weighted by atomic mass is 9.93. The van der Waals surface area contributed by atoms with E-state index in [1.165, 1.54) is 36.9 Å². The summed E-state index contributed by atoms with van der Waals surface area (Å²) in [6.45, 7) is 8.99. The van der Waals surface area contributed by atoms with E-state index in [4.69, 9.17) is 0 Å². The average Bonchev–Trinajstić information content (AvgIpc) is 2.46. The first-order chi connectivity index (χ1) is 8.85. The number of nitrogens with one attached hydrogen (secondary N) is 1. The SMILES string of the molecule is CCN(CC)Cc1ccccc1C1CCCCN1. The van der Waals surface area contributed by atoms with E-state index in [9.17, 15) is 0 Å². The summed E-state index contributed by atoms with van der Waals surface area (Å²) in [5.41, 5.74) is 3.02. The van der Waals surface area contributed by atoms with Crippen LogP contribution in [0.1, 0.15) is 50.3 Å². The number of benzene rings is 1. The predicted molar refractivity (Wildman–Crippen MR) is 77.7 cm³/mol. The van der Waals surface area contributed by atoms with Gasteiger partial charge in [-0.1, -0.05) is 44.5 Å². The van der Waals surface area contributed by atoms with Crippen molar-refractivity contribution in [2.45, 2.75) is 45.7 Å². The van der Waals surface area contributed by atoms with Gasteiger partial charge in [-0.15, -0.1) is 0 Å². The first-order valence-corrected chi connectivity index (χ1v) is 7.38. The number of piperidine rings is 1. The van der Waals surface area contributed by atoms with Crippen molar-refractivity contribution >= 4 is 0 Å². The van der Waals surface area contributed by atoms with Gasteiger partial charge in [0.25, 0.3) is 0 Å². The third-order valence-corrected chi connectivity index (χ3v) is 4.03. The van der Waals surface area contributed by atoms with Crippen LogP contribution in [-0.2, 0) is 6.54 Å². The van der Waals surface area contributed by atoms with Gasteiger partial charge in [0, 0.05) is 12.6 Å². The molecule has 1 N–H and O–H groups in total. The quantitative estimate of drug-likeness (QED) is 0.857. The molecule has 1 heterocycles. The predicted octanol–water partition coefficient (Wildman–Crippen LogP) is 3.34. The van der Waals surface area contributed by atoms with Crippen LogP contribution in [0.2, 0.25) is 0 Å². The Hall–Kier alpha value is -0.860. The van der Waals surface area contributed by atoms with Gasteiger partial charge in [-0.05, 0) is 43.6 Å². The summed E-state index contributed by atoms with van der Waals surface area (Å²) in [4.78, 5) is 2.49. The van der Waals surface area contributed by atoms with Crippen molar-refractivity contribution in [2.24, 2.45) is 0 Å². The fraction of sp³-hybridized carbons (Fsp3) is 0.625. The van der Waals surface area contributed by atoms with E-state index < -0.39 is 0 Å². The molecule has 2 nitrogen and oxygen atoms in total. The molecule has 1 saturated heterocycles. The molecule has 0 radical (unpaired) electrons. The van der Waals surface area contributed by atoms with Crippen molar-refractivity contribution in [1.29, 1.82) is 0 Å². The summed E-state index contributed by atoms with van der Waals surface area (Å²) < 4.78 is 0. The van der Waals surface area contributed by atoms with Gasteiger partial charge >= 0.3 is 0 Å². The van der Waals surface area contributed by atoms with E-state index in [0.717, 1.165) is 19.6 Å². The summed E-state index contributed by atoms with van der Waals surface area (Å²) >= 11 is 0. The smallest absolute Gasteiger partial charge is 0.0323 e. The Morgan fingerprint density at radius 2 is 1.94 bits per heavy atom. The van der Waals surface area contributed by atoms with Gasteiger partial charge < -0.3 is 5.32 Å². The minimum absolute atomic E-state index is 0.575. The molecular formula is C16H26N2. The Kier molecular flexibility index (Phi) is 5.21. The Morgan fingerprint density at radius 1 is 1.17 bits per heavy atom. The number of hydrogen-bond acceptors (Lipinski definition) is 2. The highest BCUT2D eigenvalue weighted by Gasteiger charge is 2.17. The number of rotatable bonds is 5. The van der Waals surface area contributed by atoms with Crippen LogP contribution in [0.4, 0.5) is 0 Å². The van der Waals surface area contributed by atoms with Crippen LogP contribution in [0.3, 0.4) is 0 Å². The summed E-state index contributed by atoms with van der Waals surface area (Å²) in [6.07, 6.45) is 3.97. The monoisotopic (exact) mass is 246 g/mol. The molecule has 0 aliphatic carbocycles. The topological polar surface area (TPSA) is 15.3 Å². The Morgan fingerprint density at radius 3 is 2.61 bits per heavy atom. The lowest BCUT2D eigenvalue weighted by molar-refractivity contribution is 0.292. The molecule has 1 aliphatic heterocycles. The van der Waals surface area contributed by atoms with Gasteiger partial charge in [0.05, 0.1) is 0 Å². The first kappa shape index (κ1) is 13.6. The van der Waals surface area contributed by atoms with Crippen molar-refractivity contribution < 1.29 is 0 Å². The molecule has 18 heavy (non-hydrogen) atoms. The van der Waals surface area contributed by atoms with Crippen LogP contribution in [0.5, 0.6) is 0 Å². The molecule has 0 aromatic heterocycles. The van der Waals surface area contributed by atoms with Crippen LogP contribution in [0, 0.1) is 0 Å². The minimum Gasteiger partial charge on any atom is -0.310 e. The van der Waals surface area contributed by atoms with E-state index in [1.54, 1.807) is 0 Å². The molecule has 1 aromatic carbocycles. The van der Waals surface area contributed by atoms with E-state index in [-0.39, 0.29) is 0 Å². The third-order valence-electron chi connectivity index (χ3n) is 4.03. The van der Waals surface area contributed by atoms with Crippen LogP contribution < -0.4 is 5.32 Å². The van der Waals surface area contributed by atoms with Crippen LogP contribution >= 0.6 is 0 Å². The van der Waals surface area contributed by atoms with Gasteiger partial charge in [-0.3, -0.25) is 4.90 Å². The fourth-order valence-corrected chi connectivity index (χ4v) is 2.82. The Labute approximate surface area is 111 Å². The molecule has 0 bridgehead atoms. The molecule has 0 amide bonds. The van der Waals surface area contributed by atoms with Crippen molar-refractivity contribution in [1.82, 2.24) is 10.2 Å². The van der Waals surface area contributed by atoms with Gasteiger partial charge in [0.2, 0.25) is 0 Å². The molecule has 0 saturated carbocycles. The maximum absolute atomic E-state index is 3.67. The lowest BCUT2D eigenvalue weighted by Gasteiger charge is -2.27. The van der Waals surface area contributed by atoms with Crippen LogP contribution in [0.15, 0.2) is 24.3 Å². The summed E-state index contributed by atoms with van der Waals surface area (Å²) in [6, 6.07) is 9.53. The fourth-order valence-electron chi connectivity index (χ4n) is 2.82. The summed E-state index contributed by atoms with van der Waals surface area (Å²) in [5, 5.41) is 3.67. The molecule has 100 valence electrons. The van der Waals surface area contributed by atoms with E-state index in [1.807, 2.05) is 0 Å². The van der Waals surface area contributed by atoms with E-state index in [2.05, 4.69) is 48.3 Å². The average molecular weight is 246 g/mol. The van der Waals surface area contributed by atoms with Crippen molar-refractivity contribution in [3.8, 4) is 0 Å². The maximum atomic E-state index is 3.67. The molecule has 0 spiro atoms. The minimum atomic E-state index is 0.575. The maximum Gasteiger partial charge on any atom is 0.0323 e. The first-order valence-electron chi connectivity index (χ1n) is 7.38. The molecule has 1 fully saturated rings. The standard InChI is InChI=1S/C16H26N2/c1-3-18(4-2)13-14-9-5-6-10-15(14)16-11-7-8-12-17-16/h5-6,9-10,16-17H,3-4,7-8,11-13H2,1-2H3. The molecule has 2 rings (SSSR count). The lowest BCUT2D eigenvalue weighted by Crippen LogP contribution is -2.29. The second kappa shape index (κ2) is 6.91. The van der Waals surface area contributed by atoms with E-state index in [0.29, 0.717) is 6.04 Å². The molecule has 2 heteroatoms. The van der Waals surface area contributed by atoms with Gasteiger partial charge in [-0.25, -0.2) is 0 Å². The molecular weight excluding hydrogens is 220 g/mol. The highest BCUT2D eigenvalue weighted by molar-refractivity contribution is 5.30. The van der Waals surface area contributed by atoms with Gasteiger partial charge in [0.1, 0.15) is 0 Å². The zero-order valence-corrected chi connectivity index (χ0v) is 11.8. The summed E-state index contributed by atoms with van der Waals surface area (Å²) in [7, 11) is 0. The Bertz CT molecular complexity index is 352. The van der Waals surface area contributed by atoms with Crippen molar-refractivity contribution in [2.75, 3.05) is 19.6 Å². The third kappa shape index (κ3) is 3.33. The molecule has 1 atom stereocenters. The van der Waals surface area contributed by atoms with Crippen molar-refractivity contribution in [3.63, 3.8) is 0 Å². The highest BCUT2D eigenvalue weighted by atomic mass is 15.1. The number of nitrogens with zero attached hydrogens (tertiary/aromatic N) is 1. The molecule has 1 aliphatic rings.